The summed E-state index contributed by atoms with van der Waals surface area (Å²) in [5, 5.41) is 8.57. The fraction of sp³-hybridized carbons (Fsp3) is 0.0625. The van der Waals surface area contributed by atoms with Gasteiger partial charge in [-0.3, -0.25) is 0 Å². The Morgan fingerprint density at radius 2 is 1.85 bits per heavy atom. The number of rotatable bonds is 5. The van der Waals surface area contributed by atoms with Crippen LogP contribution in [0.3, 0.4) is 0 Å². The van der Waals surface area contributed by atoms with E-state index in [4.69, 9.17) is 9.84 Å². The van der Waals surface area contributed by atoms with E-state index < -0.39 is 5.97 Å². The second kappa shape index (κ2) is 6.82. The summed E-state index contributed by atoms with van der Waals surface area (Å²) in [6.07, 6.45) is 4.66. The lowest BCUT2D eigenvalue weighted by atomic mass is 10.2. The van der Waals surface area contributed by atoms with Crippen molar-refractivity contribution in [1.82, 2.24) is 0 Å². The van der Waals surface area contributed by atoms with Gasteiger partial charge >= 0.3 is 5.97 Å². The van der Waals surface area contributed by atoms with Gasteiger partial charge in [-0.1, -0.05) is 24.3 Å². The van der Waals surface area contributed by atoms with Crippen LogP contribution in [0.15, 0.2) is 59.5 Å². The summed E-state index contributed by atoms with van der Waals surface area (Å²) in [6.45, 7) is 0. The minimum absolute atomic E-state index is 0.721. The van der Waals surface area contributed by atoms with Gasteiger partial charge in [-0.25, -0.2) is 4.79 Å². The maximum absolute atomic E-state index is 10.4. The van der Waals surface area contributed by atoms with Crippen molar-refractivity contribution in [3.63, 3.8) is 0 Å². The van der Waals surface area contributed by atoms with Gasteiger partial charge in [-0.15, -0.1) is 11.8 Å². The number of aliphatic carboxylic acids is 1. The Balaban J connectivity index is 2.13. The first kappa shape index (κ1) is 14.2. The van der Waals surface area contributed by atoms with E-state index in [2.05, 4.69) is 0 Å². The van der Waals surface area contributed by atoms with Crippen LogP contribution in [0.1, 0.15) is 5.56 Å². The van der Waals surface area contributed by atoms with Gasteiger partial charge in [0.05, 0.1) is 0 Å². The molecule has 0 spiro atoms. The van der Waals surface area contributed by atoms with Crippen molar-refractivity contribution in [3.05, 3.63) is 60.2 Å². The number of thioether (sulfide) groups is 1. The topological polar surface area (TPSA) is 46.5 Å². The molecule has 0 aromatic heterocycles. The highest BCUT2D eigenvalue weighted by molar-refractivity contribution is 7.98. The SMILES string of the molecule is CSc1ccccc1Oc1ccc(C=CC(=O)O)cc1. The second-order valence-corrected chi connectivity index (χ2v) is 4.84. The number of carboxylic acid groups (broad SMARTS) is 1. The fourth-order valence-electron chi connectivity index (χ4n) is 1.64. The first-order valence-electron chi connectivity index (χ1n) is 6.01. The first-order chi connectivity index (χ1) is 9.69. The van der Waals surface area contributed by atoms with Crippen LogP contribution in [-0.4, -0.2) is 17.3 Å². The molecular weight excluding hydrogens is 272 g/mol. The van der Waals surface area contributed by atoms with Crippen molar-refractivity contribution < 1.29 is 14.6 Å². The molecule has 0 bridgehead atoms. The zero-order valence-corrected chi connectivity index (χ0v) is 11.8. The molecule has 0 heterocycles. The number of hydrogen-bond acceptors (Lipinski definition) is 3. The molecular formula is C16H14O3S. The van der Waals surface area contributed by atoms with Crippen LogP contribution in [0.5, 0.6) is 11.5 Å². The van der Waals surface area contributed by atoms with Gasteiger partial charge in [0, 0.05) is 11.0 Å². The number of ether oxygens (including phenoxy) is 1. The molecule has 0 aliphatic carbocycles. The largest absolute Gasteiger partial charge is 0.478 e. The molecule has 3 nitrogen and oxygen atoms in total. The second-order valence-electron chi connectivity index (χ2n) is 3.99. The van der Waals surface area contributed by atoms with Crippen molar-refractivity contribution in [2.45, 2.75) is 4.90 Å². The quantitative estimate of drug-likeness (QED) is 0.657. The minimum atomic E-state index is -0.959. The molecule has 20 heavy (non-hydrogen) atoms. The van der Waals surface area contributed by atoms with Crippen molar-refractivity contribution in [2.75, 3.05) is 6.26 Å². The molecule has 0 aliphatic rings. The van der Waals surface area contributed by atoms with Crippen molar-refractivity contribution in [3.8, 4) is 11.5 Å². The predicted octanol–water partition coefficient (Wildman–Crippen LogP) is 4.30. The normalized spacial score (nSPS) is 10.7. The Morgan fingerprint density at radius 3 is 2.50 bits per heavy atom. The molecule has 4 heteroatoms. The third kappa shape index (κ3) is 3.90. The van der Waals surface area contributed by atoms with Gasteiger partial charge in [-0.05, 0) is 42.2 Å². The Labute approximate surface area is 121 Å². The minimum Gasteiger partial charge on any atom is -0.478 e. The lowest BCUT2D eigenvalue weighted by Gasteiger charge is -2.09. The molecule has 0 atom stereocenters. The van der Waals surface area contributed by atoms with Gasteiger partial charge in [0.2, 0.25) is 0 Å². The molecule has 0 unspecified atom stereocenters. The van der Waals surface area contributed by atoms with E-state index >= 15 is 0 Å². The summed E-state index contributed by atoms with van der Waals surface area (Å²) in [5.74, 6) is 0.576. The summed E-state index contributed by atoms with van der Waals surface area (Å²) in [7, 11) is 0. The third-order valence-corrected chi connectivity index (χ3v) is 3.37. The van der Waals surface area contributed by atoms with Crippen LogP contribution in [-0.2, 0) is 4.79 Å². The molecule has 0 fully saturated rings. The molecule has 0 amide bonds. The van der Waals surface area contributed by atoms with E-state index in [-0.39, 0.29) is 0 Å². The van der Waals surface area contributed by atoms with E-state index in [9.17, 15) is 4.79 Å². The lowest BCUT2D eigenvalue weighted by molar-refractivity contribution is -0.131. The lowest BCUT2D eigenvalue weighted by Crippen LogP contribution is -1.87. The molecule has 1 N–H and O–H groups in total. The van der Waals surface area contributed by atoms with Crippen LogP contribution < -0.4 is 4.74 Å². The van der Waals surface area contributed by atoms with Crippen molar-refractivity contribution in [1.29, 1.82) is 0 Å². The summed E-state index contributed by atoms with van der Waals surface area (Å²) < 4.78 is 5.82. The third-order valence-electron chi connectivity index (χ3n) is 2.60. The van der Waals surface area contributed by atoms with Crippen molar-refractivity contribution in [2.24, 2.45) is 0 Å². The Morgan fingerprint density at radius 1 is 1.15 bits per heavy atom. The first-order valence-corrected chi connectivity index (χ1v) is 7.23. The highest BCUT2D eigenvalue weighted by atomic mass is 32.2. The van der Waals surface area contributed by atoms with E-state index in [0.29, 0.717) is 0 Å². The number of carboxylic acids is 1. The summed E-state index contributed by atoms with van der Waals surface area (Å²) >= 11 is 1.63. The molecule has 0 aliphatic heterocycles. The molecule has 2 rings (SSSR count). The van der Waals surface area contributed by atoms with E-state index in [1.165, 1.54) is 0 Å². The molecule has 102 valence electrons. The zero-order chi connectivity index (χ0) is 14.4. The standard InChI is InChI=1S/C16H14O3S/c1-20-15-5-3-2-4-14(15)19-13-9-6-12(7-10-13)8-11-16(17)18/h2-11H,1H3,(H,17,18). The number of benzene rings is 2. The number of carbonyl (C=O) groups is 1. The molecule has 0 radical (unpaired) electrons. The van der Waals surface area contributed by atoms with Crippen LogP contribution in [0.2, 0.25) is 0 Å². The van der Waals surface area contributed by atoms with E-state index in [0.717, 1.165) is 28.0 Å². The van der Waals surface area contributed by atoms with Gasteiger partial charge in [0.15, 0.2) is 0 Å². The van der Waals surface area contributed by atoms with Gasteiger partial charge < -0.3 is 9.84 Å². The molecule has 2 aromatic carbocycles. The van der Waals surface area contributed by atoms with Crippen molar-refractivity contribution >= 4 is 23.8 Å². The van der Waals surface area contributed by atoms with Crippen LogP contribution in [0, 0.1) is 0 Å². The fourth-order valence-corrected chi connectivity index (χ4v) is 2.17. The van der Waals surface area contributed by atoms with Gasteiger partial charge in [-0.2, -0.15) is 0 Å². The summed E-state index contributed by atoms with van der Waals surface area (Å²) in [5.41, 5.74) is 0.818. The summed E-state index contributed by atoms with van der Waals surface area (Å²) in [6, 6.07) is 15.1. The average molecular weight is 286 g/mol. The highest BCUT2D eigenvalue weighted by Gasteiger charge is 2.02. The molecule has 0 saturated carbocycles. The maximum atomic E-state index is 10.4. The summed E-state index contributed by atoms with van der Waals surface area (Å²) in [4.78, 5) is 11.5. The Kier molecular flexibility index (Phi) is 4.85. The van der Waals surface area contributed by atoms with E-state index in [1.54, 1.807) is 17.8 Å². The Hall–Kier alpha value is -2.20. The monoisotopic (exact) mass is 286 g/mol. The highest BCUT2D eigenvalue weighted by Crippen LogP contribution is 2.31. The van der Waals surface area contributed by atoms with E-state index in [1.807, 2.05) is 54.8 Å². The zero-order valence-electron chi connectivity index (χ0n) is 10.9. The Bertz CT molecular complexity index is 618. The smallest absolute Gasteiger partial charge is 0.328 e. The van der Waals surface area contributed by atoms with Gasteiger partial charge in [0.25, 0.3) is 0 Å². The molecule has 2 aromatic rings. The van der Waals surface area contributed by atoms with Crippen LogP contribution in [0.25, 0.3) is 6.08 Å². The maximum Gasteiger partial charge on any atom is 0.328 e. The van der Waals surface area contributed by atoms with Crippen LogP contribution >= 0.6 is 11.8 Å². The average Bonchev–Trinajstić information content (AvgIpc) is 2.47. The van der Waals surface area contributed by atoms with Crippen LogP contribution in [0.4, 0.5) is 0 Å². The molecule has 0 saturated heterocycles. The van der Waals surface area contributed by atoms with Gasteiger partial charge in [0.1, 0.15) is 11.5 Å². The number of hydrogen-bond donors (Lipinski definition) is 1. The predicted molar refractivity (Wildman–Crippen MR) is 81.4 cm³/mol. The number of para-hydroxylation sites is 1.